The van der Waals surface area contributed by atoms with E-state index in [1.165, 1.54) is 11.3 Å². The van der Waals surface area contributed by atoms with E-state index >= 15 is 0 Å². The lowest BCUT2D eigenvalue weighted by Gasteiger charge is -2.20. The smallest absolute Gasteiger partial charge is 0.261 e. The molecule has 0 saturated carbocycles. The van der Waals surface area contributed by atoms with Crippen LogP contribution in [0.3, 0.4) is 0 Å². The molecule has 0 unspecified atom stereocenters. The summed E-state index contributed by atoms with van der Waals surface area (Å²) in [5, 5.41) is 8.86. The minimum atomic E-state index is -0.156. The number of carbonyl (C=O) groups excluding carboxylic acids is 1. The van der Waals surface area contributed by atoms with Crippen molar-refractivity contribution in [3.63, 3.8) is 0 Å². The highest BCUT2D eigenvalue weighted by molar-refractivity contribution is 7.16. The van der Waals surface area contributed by atoms with Crippen molar-refractivity contribution in [3.05, 3.63) is 63.8 Å². The van der Waals surface area contributed by atoms with Crippen molar-refractivity contribution < 1.29 is 9.53 Å². The zero-order chi connectivity index (χ0) is 16.7. The molecule has 0 atom stereocenters. The average molecular weight is 347 g/mol. The molecular weight excluding hydrogens is 332 g/mol. The summed E-state index contributed by atoms with van der Waals surface area (Å²) < 4.78 is 6.17. The summed E-state index contributed by atoms with van der Waals surface area (Å²) in [6.45, 7) is 4.47. The molecule has 0 saturated heterocycles. The van der Waals surface area contributed by atoms with Gasteiger partial charge in [0, 0.05) is 11.4 Å². The number of amides is 1. The fourth-order valence-electron chi connectivity index (χ4n) is 1.93. The van der Waals surface area contributed by atoms with Gasteiger partial charge in [-0.25, -0.2) is 0 Å². The number of hydrogen-bond donors (Lipinski definition) is 0. The van der Waals surface area contributed by atoms with Crippen LogP contribution in [0, 0.1) is 11.3 Å². The second-order valence-corrected chi connectivity index (χ2v) is 6.50. The second kappa shape index (κ2) is 8.37. The van der Waals surface area contributed by atoms with Crippen LogP contribution < -0.4 is 4.74 Å². The van der Waals surface area contributed by atoms with E-state index in [4.69, 9.17) is 21.6 Å². The van der Waals surface area contributed by atoms with Crippen molar-refractivity contribution in [2.45, 2.75) is 6.54 Å². The number of nitrogens with zero attached hydrogens (tertiary/aromatic N) is 2. The Labute approximate surface area is 144 Å². The summed E-state index contributed by atoms with van der Waals surface area (Å²) in [7, 11) is 0. The maximum Gasteiger partial charge on any atom is 0.261 e. The van der Waals surface area contributed by atoms with Gasteiger partial charge in [-0.1, -0.05) is 23.7 Å². The van der Waals surface area contributed by atoms with Crippen molar-refractivity contribution in [1.29, 1.82) is 5.26 Å². The zero-order valence-electron chi connectivity index (χ0n) is 12.4. The third-order valence-corrected chi connectivity index (χ3v) is 4.22. The van der Waals surface area contributed by atoms with Crippen molar-refractivity contribution in [3.8, 4) is 11.8 Å². The van der Waals surface area contributed by atoms with E-state index in [0.717, 1.165) is 4.88 Å². The molecule has 0 radical (unpaired) electrons. The maximum atomic E-state index is 12.3. The summed E-state index contributed by atoms with van der Waals surface area (Å²) in [4.78, 5) is 15.0. The first-order chi connectivity index (χ1) is 11.1. The predicted molar refractivity (Wildman–Crippen MR) is 91.6 cm³/mol. The predicted octanol–water partition coefficient (Wildman–Crippen LogP) is 3.87. The quantitative estimate of drug-likeness (QED) is 0.715. The Morgan fingerprint density at radius 1 is 1.43 bits per heavy atom. The highest BCUT2D eigenvalue weighted by Crippen LogP contribution is 2.23. The Hall–Kier alpha value is -2.29. The number of nitriles is 1. The summed E-state index contributed by atoms with van der Waals surface area (Å²) in [6, 6.07) is 12.4. The Balaban J connectivity index is 1.97. The molecule has 118 valence electrons. The van der Waals surface area contributed by atoms with Crippen LogP contribution >= 0.6 is 22.9 Å². The minimum Gasteiger partial charge on any atom is -0.484 e. The maximum absolute atomic E-state index is 12.3. The number of benzene rings is 1. The van der Waals surface area contributed by atoms with Gasteiger partial charge in [0.2, 0.25) is 0 Å². The van der Waals surface area contributed by atoms with E-state index in [9.17, 15) is 4.79 Å². The van der Waals surface area contributed by atoms with Gasteiger partial charge in [-0.2, -0.15) is 5.26 Å². The molecule has 0 bridgehead atoms. The van der Waals surface area contributed by atoms with Crippen LogP contribution in [-0.4, -0.2) is 24.0 Å². The largest absolute Gasteiger partial charge is 0.484 e. The monoisotopic (exact) mass is 346 g/mol. The SMILES string of the molecule is C=CCN(Cc1ccc(Cl)s1)C(=O)COc1cccc(C#N)c1. The van der Waals surface area contributed by atoms with Crippen molar-refractivity contribution in [1.82, 2.24) is 4.90 Å². The number of halogens is 1. The zero-order valence-corrected chi connectivity index (χ0v) is 13.9. The first-order valence-corrected chi connectivity index (χ1v) is 8.07. The van der Waals surface area contributed by atoms with Crippen molar-refractivity contribution >= 4 is 28.8 Å². The normalized spacial score (nSPS) is 9.91. The van der Waals surface area contributed by atoms with Crippen molar-refractivity contribution in [2.75, 3.05) is 13.2 Å². The first kappa shape index (κ1) is 17.1. The summed E-state index contributed by atoms with van der Waals surface area (Å²) in [5.74, 6) is 0.340. The lowest BCUT2D eigenvalue weighted by atomic mass is 10.2. The standard InChI is InChI=1S/C17H15ClN2O2S/c1-2-8-20(11-15-6-7-16(18)23-15)17(21)12-22-14-5-3-4-13(9-14)10-19/h2-7,9H,1,8,11-12H2. The molecule has 2 rings (SSSR count). The fraction of sp³-hybridized carbons (Fsp3) is 0.176. The summed E-state index contributed by atoms with van der Waals surface area (Å²) >= 11 is 7.35. The molecule has 23 heavy (non-hydrogen) atoms. The summed E-state index contributed by atoms with van der Waals surface area (Å²) in [6.07, 6.45) is 1.67. The van der Waals surface area contributed by atoms with E-state index in [1.54, 1.807) is 35.2 Å². The Morgan fingerprint density at radius 2 is 2.26 bits per heavy atom. The van der Waals surface area contributed by atoms with Gasteiger partial charge in [0.05, 0.1) is 22.5 Å². The molecule has 0 aliphatic rings. The number of ether oxygens (including phenoxy) is 1. The topological polar surface area (TPSA) is 53.3 Å². The van der Waals surface area contributed by atoms with E-state index < -0.39 is 0 Å². The van der Waals surface area contributed by atoms with E-state index in [2.05, 4.69) is 6.58 Å². The van der Waals surface area contributed by atoms with Gasteiger partial charge < -0.3 is 9.64 Å². The van der Waals surface area contributed by atoms with Gasteiger partial charge in [-0.15, -0.1) is 17.9 Å². The van der Waals surface area contributed by atoms with Crippen LogP contribution in [-0.2, 0) is 11.3 Å². The number of hydrogen-bond acceptors (Lipinski definition) is 4. The van der Waals surface area contributed by atoms with Crippen LogP contribution in [0.1, 0.15) is 10.4 Å². The molecule has 0 fully saturated rings. The summed E-state index contributed by atoms with van der Waals surface area (Å²) in [5.41, 5.74) is 0.492. The average Bonchev–Trinajstić information content (AvgIpc) is 2.97. The minimum absolute atomic E-state index is 0.0954. The lowest BCUT2D eigenvalue weighted by molar-refractivity contribution is -0.133. The molecule has 2 aromatic rings. The molecule has 0 aliphatic heterocycles. The van der Waals surface area contributed by atoms with E-state index in [1.807, 2.05) is 18.2 Å². The Bertz CT molecular complexity index is 736. The van der Waals surface area contributed by atoms with Gasteiger partial charge >= 0.3 is 0 Å². The van der Waals surface area contributed by atoms with Gasteiger partial charge in [0.1, 0.15) is 5.75 Å². The molecule has 1 heterocycles. The van der Waals surface area contributed by atoms with Crippen LogP contribution in [0.2, 0.25) is 4.34 Å². The van der Waals surface area contributed by atoms with Crippen molar-refractivity contribution in [2.24, 2.45) is 0 Å². The number of rotatable bonds is 7. The van der Waals surface area contributed by atoms with Crippen LogP contribution in [0.4, 0.5) is 0 Å². The number of thiophene rings is 1. The van der Waals surface area contributed by atoms with E-state index in [0.29, 0.717) is 28.7 Å². The molecule has 0 aliphatic carbocycles. The molecular formula is C17H15ClN2O2S. The lowest BCUT2D eigenvalue weighted by Crippen LogP contribution is -2.34. The third kappa shape index (κ3) is 5.13. The van der Waals surface area contributed by atoms with Gasteiger partial charge in [-0.05, 0) is 30.3 Å². The molecule has 1 amide bonds. The number of carbonyl (C=O) groups is 1. The highest BCUT2D eigenvalue weighted by atomic mass is 35.5. The van der Waals surface area contributed by atoms with Crippen LogP contribution in [0.5, 0.6) is 5.75 Å². The molecule has 0 N–H and O–H groups in total. The third-order valence-electron chi connectivity index (χ3n) is 3.00. The Kier molecular flexibility index (Phi) is 6.21. The molecule has 1 aromatic carbocycles. The van der Waals surface area contributed by atoms with E-state index in [-0.39, 0.29) is 12.5 Å². The molecule has 0 spiro atoms. The van der Waals surface area contributed by atoms with Crippen LogP contribution in [0.15, 0.2) is 49.1 Å². The Morgan fingerprint density at radius 3 is 2.91 bits per heavy atom. The fourth-order valence-corrected chi connectivity index (χ4v) is 3.03. The second-order valence-electron chi connectivity index (χ2n) is 4.70. The molecule has 4 nitrogen and oxygen atoms in total. The van der Waals surface area contributed by atoms with Gasteiger partial charge in [-0.3, -0.25) is 4.79 Å². The molecule has 1 aromatic heterocycles. The first-order valence-electron chi connectivity index (χ1n) is 6.88. The highest BCUT2D eigenvalue weighted by Gasteiger charge is 2.14. The van der Waals surface area contributed by atoms with Gasteiger partial charge in [0.25, 0.3) is 5.91 Å². The molecule has 6 heteroatoms. The van der Waals surface area contributed by atoms with Gasteiger partial charge in [0.15, 0.2) is 6.61 Å². The van der Waals surface area contributed by atoms with Crippen LogP contribution in [0.25, 0.3) is 0 Å².